The molecule has 0 spiro atoms. The van der Waals surface area contributed by atoms with Gasteiger partial charge in [0.15, 0.2) is 6.61 Å². The molecule has 0 aliphatic rings. The van der Waals surface area contributed by atoms with Crippen LogP contribution in [0.2, 0.25) is 0 Å². The largest absolute Gasteiger partial charge is 0.485 e. The quantitative estimate of drug-likeness (QED) is 0.748. The Balaban J connectivity index is 1.92. The Labute approximate surface area is 120 Å². The van der Waals surface area contributed by atoms with Crippen LogP contribution in [0.4, 0.5) is 0 Å². The number of rotatable bonds is 6. The van der Waals surface area contributed by atoms with Crippen molar-refractivity contribution in [2.24, 2.45) is 7.05 Å². The molecule has 3 nitrogen and oxygen atoms in total. The molecule has 0 aliphatic carbocycles. The smallest absolute Gasteiger partial charge is 0.201 e. The second-order valence-corrected chi connectivity index (χ2v) is 5.16. The number of ether oxygens (including phenoxy) is 1. The van der Waals surface area contributed by atoms with Crippen molar-refractivity contribution in [2.45, 2.75) is 26.2 Å². The summed E-state index contributed by atoms with van der Waals surface area (Å²) in [6, 6.07) is 9.80. The molecule has 0 N–H and O–H groups in total. The van der Waals surface area contributed by atoms with E-state index >= 15 is 0 Å². The molecule has 1 atom stereocenters. The highest BCUT2D eigenvalue weighted by Gasteiger charge is 2.08. The maximum absolute atomic E-state index is 11.9. The molecule has 0 aliphatic heterocycles. The number of benzene rings is 1. The van der Waals surface area contributed by atoms with E-state index in [1.54, 1.807) is 12.3 Å². The molecule has 1 aromatic heterocycles. The van der Waals surface area contributed by atoms with Gasteiger partial charge >= 0.3 is 0 Å². The van der Waals surface area contributed by atoms with Crippen LogP contribution in [0.15, 0.2) is 42.7 Å². The summed E-state index contributed by atoms with van der Waals surface area (Å²) in [4.78, 5) is 11.9. The normalized spacial score (nSPS) is 12.2. The minimum Gasteiger partial charge on any atom is -0.485 e. The van der Waals surface area contributed by atoms with Crippen LogP contribution in [-0.2, 0) is 7.05 Å². The number of Topliss-reactive ketones (excluding diaryl/α,β-unsaturated/α-hetero) is 1. The first-order chi connectivity index (χ1) is 9.60. The van der Waals surface area contributed by atoms with Crippen LogP contribution in [0.1, 0.15) is 42.1 Å². The van der Waals surface area contributed by atoms with Gasteiger partial charge in [0.1, 0.15) is 5.75 Å². The molecule has 0 amide bonds. The molecule has 3 heteroatoms. The zero-order chi connectivity index (χ0) is 14.5. The highest BCUT2D eigenvalue weighted by atomic mass is 16.5. The fourth-order valence-electron chi connectivity index (χ4n) is 2.03. The third-order valence-electron chi connectivity index (χ3n) is 3.59. The lowest BCUT2D eigenvalue weighted by molar-refractivity contribution is 0.0921. The number of hydrogen-bond donors (Lipinski definition) is 0. The predicted octanol–water partition coefficient (Wildman–Crippen LogP) is 3.80. The first-order valence-electron chi connectivity index (χ1n) is 6.98. The maximum atomic E-state index is 11.9. The van der Waals surface area contributed by atoms with Crippen LogP contribution in [0, 0.1) is 0 Å². The van der Waals surface area contributed by atoms with Crippen LogP contribution in [0.25, 0.3) is 0 Å². The topological polar surface area (TPSA) is 31.2 Å². The second kappa shape index (κ2) is 6.42. The van der Waals surface area contributed by atoms with E-state index in [-0.39, 0.29) is 12.4 Å². The molecule has 106 valence electrons. The van der Waals surface area contributed by atoms with Gasteiger partial charge in [-0.05, 0) is 36.1 Å². The van der Waals surface area contributed by atoms with E-state index in [9.17, 15) is 4.79 Å². The molecule has 1 aromatic carbocycles. The number of hydrogen-bond acceptors (Lipinski definition) is 2. The molecule has 1 heterocycles. The van der Waals surface area contributed by atoms with Crippen LogP contribution in [0.5, 0.6) is 5.75 Å². The van der Waals surface area contributed by atoms with Crippen molar-refractivity contribution in [1.29, 1.82) is 0 Å². The predicted molar refractivity (Wildman–Crippen MR) is 80.4 cm³/mol. The minimum atomic E-state index is -0.00315. The Morgan fingerprint density at radius 3 is 2.50 bits per heavy atom. The number of carbonyl (C=O) groups excluding carboxylic acids is 1. The van der Waals surface area contributed by atoms with Crippen molar-refractivity contribution < 1.29 is 9.53 Å². The summed E-state index contributed by atoms with van der Waals surface area (Å²) in [5.41, 5.74) is 1.98. The molecule has 2 rings (SSSR count). The van der Waals surface area contributed by atoms with Crippen molar-refractivity contribution in [2.75, 3.05) is 6.61 Å². The Kier molecular flexibility index (Phi) is 4.61. The van der Waals surface area contributed by atoms with Crippen molar-refractivity contribution in [3.05, 3.63) is 53.9 Å². The zero-order valence-electron chi connectivity index (χ0n) is 12.3. The molecule has 0 saturated carbocycles. The van der Waals surface area contributed by atoms with Crippen LogP contribution >= 0.6 is 0 Å². The molecule has 0 bridgehead atoms. The monoisotopic (exact) mass is 271 g/mol. The van der Waals surface area contributed by atoms with E-state index in [0.29, 0.717) is 11.5 Å². The summed E-state index contributed by atoms with van der Waals surface area (Å²) >= 11 is 0. The van der Waals surface area contributed by atoms with E-state index in [4.69, 9.17) is 4.74 Å². The van der Waals surface area contributed by atoms with E-state index in [0.717, 1.165) is 12.2 Å². The first kappa shape index (κ1) is 14.4. The molecule has 1 unspecified atom stereocenters. The number of ketones is 1. The van der Waals surface area contributed by atoms with Crippen LogP contribution < -0.4 is 4.74 Å². The highest BCUT2D eigenvalue weighted by Crippen LogP contribution is 2.21. The van der Waals surface area contributed by atoms with Crippen molar-refractivity contribution >= 4 is 5.78 Å². The fraction of sp³-hybridized carbons (Fsp3) is 0.353. The van der Waals surface area contributed by atoms with Gasteiger partial charge in [-0.1, -0.05) is 26.0 Å². The van der Waals surface area contributed by atoms with Gasteiger partial charge < -0.3 is 9.30 Å². The highest BCUT2D eigenvalue weighted by molar-refractivity contribution is 5.97. The van der Waals surface area contributed by atoms with Gasteiger partial charge in [0, 0.05) is 25.0 Å². The fourth-order valence-corrected chi connectivity index (χ4v) is 2.03. The zero-order valence-corrected chi connectivity index (χ0v) is 12.3. The van der Waals surface area contributed by atoms with Crippen LogP contribution in [0.3, 0.4) is 0 Å². The Morgan fingerprint density at radius 1 is 1.25 bits per heavy atom. The lowest BCUT2D eigenvalue weighted by Gasteiger charge is -2.10. The van der Waals surface area contributed by atoms with E-state index < -0.39 is 0 Å². The third-order valence-corrected chi connectivity index (χ3v) is 3.59. The average molecular weight is 271 g/mol. The molecule has 0 saturated heterocycles. The minimum absolute atomic E-state index is 0.00315. The molecule has 2 aromatic rings. The summed E-state index contributed by atoms with van der Waals surface area (Å²) in [6.07, 6.45) is 4.78. The van der Waals surface area contributed by atoms with Gasteiger partial charge in [0.2, 0.25) is 5.78 Å². The molecule has 20 heavy (non-hydrogen) atoms. The maximum Gasteiger partial charge on any atom is 0.201 e. The average Bonchev–Trinajstić information content (AvgIpc) is 2.91. The summed E-state index contributed by atoms with van der Waals surface area (Å²) in [7, 11) is 1.89. The SMILES string of the molecule is CCC(C)c1ccc(OCC(=O)c2ccn(C)c2)cc1. The molecular formula is C17H21NO2. The van der Waals surface area contributed by atoms with E-state index in [1.807, 2.05) is 29.9 Å². The number of aryl methyl sites for hydroxylation is 1. The lowest BCUT2D eigenvalue weighted by Crippen LogP contribution is -2.10. The van der Waals surface area contributed by atoms with Crippen molar-refractivity contribution in [3.63, 3.8) is 0 Å². The second-order valence-electron chi connectivity index (χ2n) is 5.16. The summed E-state index contributed by atoms with van der Waals surface area (Å²) in [5, 5.41) is 0. The van der Waals surface area contributed by atoms with Gasteiger partial charge in [-0.2, -0.15) is 0 Å². The summed E-state index contributed by atoms with van der Waals surface area (Å²) < 4.78 is 7.40. The van der Waals surface area contributed by atoms with Gasteiger partial charge in [0.05, 0.1) is 0 Å². The van der Waals surface area contributed by atoms with Crippen molar-refractivity contribution in [3.8, 4) is 5.75 Å². The molecular weight excluding hydrogens is 250 g/mol. The summed E-state index contributed by atoms with van der Waals surface area (Å²) in [5.74, 6) is 1.29. The first-order valence-corrected chi connectivity index (χ1v) is 6.98. The number of aromatic nitrogens is 1. The van der Waals surface area contributed by atoms with Crippen LogP contribution in [-0.4, -0.2) is 17.0 Å². The van der Waals surface area contributed by atoms with Gasteiger partial charge in [0.25, 0.3) is 0 Å². The summed E-state index contributed by atoms with van der Waals surface area (Å²) in [6.45, 7) is 4.45. The van der Waals surface area contributed by atoms with Gasteiger partial charge in [-0.25, -0.2) is 0 Å². The third kappa shape index (κ3) is 3.50. The van der Waals surface area contributed by atoms with E-state index in [1.165, 1.54) is 5.56 Å². The standard InChI is InChI=1S/C17H21NO2/c1-4-13(2)14-5-7-16(8-6-14)20-12-17(19)15-9-10-18(3)11-15/h5-11,13H,4,12H2,1-3H3. The Morgan fingerprint density at radius 2 is 1.95 bits per heavy atom. The van der Waals surface area contributed by atoms with E-state index in [2.05, 4.69) is 26.0 Å². The van der Waals surface area contributed by atoms with Gasteiger partial charge in [-0.3, -0.25) is 4.79 Å². The number of carbonyl (C=O) groups is 1. The Hall–Kier alpha value is -2.03. The van der Waals surface area contributed by atoms with Crippen molar-refractivity contribution in [1.82, 2.24) is 4.57 Å². The lowest BCUT2D eigenvalue weighted by atomic mass is 9.99. The molecule has 0 fully saturated rings. The molecule has 0 radical (unpaired) electrons. The number of nitrogens with zero attached hydrogens (tertiary/aromatic N) is 1. The van der Waals surface area contributed by atoms with Gasteiger partial charge in [-0.15, -0.1) is 0 Å². The Bertz CT molecular complexity index is 569.